The molecule has 2 aliphatic rings. The van der Waals surface area contributed by atoms with Gasteiger partial charge in [0.2, 0.25) is 24.1 Å². The van der Waals surface area contributed by atoms with E-state index in [4.69, 9.17) is 9.57 Å². The molecule has 0 radical (unpaired) electrons. The molecule has 13 heteroatoms. The minimum Gasteiger partial charge on any atom is -0.467 e. The summed E-state index contributed by atoms with van der Waals surface area (Å²) in [5.41, 5.74) is -1.47. The van der Waals surface area contributed by atoms with Crippen molar-refractivity contribution in [1.29, 1.82) is 0 Å². The fourth-order valence-corrected chi connectivity index (χ4v) is 6.39. The largest absolute Gasteiger partial charge is 0.467 e. The number of rotatable bonds is 13. The van der Waals surface area contributed by atoms with Crippen LogP contribution in [0.15, 0.2) is 36.5 Å². The Morgan fingerprint density at radius 2 is 1.73 bits per heavy atom. The third-order valence-electron chi connectivity index (χ3n) is 9.01. The van der Waals surface area contributed by atoms with Crippen molar-refractivity contribution in [1.82, 2.24) is 25.2 Å². The van der Waals surface area contributed by atoms with E-state index in [-0.39, 0.29) is 17.6 Å². The zero-order valence-electron chi connectivity index (χ0n) is 28.9. The number of benzene rings is 1. The number of hydrogen-bond acceptors (Lipinski definition) is 8. The zero-order valence-corrected chi connectivity index (χ0v) is 28.9. The van der Waals surface area contributed by atoms with Gasteiger partial charge >= 0.3 is 5.97 Å². The molecule has 2 fully saturated rings. The SMILES string of the molecule is COC(=O)[C@@H]1CCCN1C(=O)C(c1ccccc1)c1ncc(NC(=O)[C@@H](CC2CCCCC2)NC(=O)C(C)(C)N(C=O)OC(C)(C)C)[nH]1. The fourth-order valence-electron chi connectivity index (χ4n) is 6.39. The maximum absolute atomic E-state index is 14.0. The lowest BCUT2D eigenvalue weighted by Gasteiger charge is -2.38. The van der Waals surface area contributed by atoms with Crippen molar-refractivity contribution in [3.05, 3.63) is 47.9 Å². The molecule has 1 saturated carbocycles. The number of imidazole rings is 1. The van der Waals surface area contributed by atoms with Crippen LogP contribution in [0.4, 0.5) is 5.82 Å². The lowest BCUT2D eigenvalue weighted by atomic mass is 9.84. The fraction of sp³-hybridized carbons (Fsp3) is 0.600. The van der Waals surface area contributed by atoms with Crippen molar-refractivity contribution >= 4 is 35.9 Å². The van der Waals surface area contributed by atoms with Crippen LogP contribution in [0.5, 0.6) is 0 Å². The summed E-state index contributed by atoms with van der Waals surface area (Å²) in [6, 6.07) is 7.53. The minimum atomic E-state index is -1.41. The van der Waals surface area contributed by atoms with E-state index < -0.39 is 46.9 Å². The first-order valence-corrected chi connectivity index (χ1v) is 16.8. The van der Waals surface area contributed by atoms with E-state index in [0.29, 0.717) is 43.6 Å². The van der Waals surface area contributed by atoms with E-state index in [2.05, 4.69) is 20.6 Å². The molecule has 1 aliphatic carbocycles. The minimum absolute atomic E-state index is 0.242. The Morgan fingerprint density at radius 1 is 1.04 bits per heavy atom. The normalized spacial score (nSPS) is 18.5. The van der Waals surface area contributed by atoms with E-state index in [9.17, 15) is 24.0 Å². The second-order valence-electron chi connectivity index (χ2n) is 14.2. The predicted molar refractivity (Wildman–Crippen MR) is 178 cm³/mol. The van der Waals surface area contributed by atoms with Crippen LogP contribution in [-0.4, -0.2) is 86.9 Å². The highest BCUT2D eigenvalue weighted by Gasteiger charge is 2.41. The molecule has 1 aromatic carbocycles. The third kappa shape index (κ3) is 9.00. The van der Waals surface area contributed by atoms with Gasteiger partial charge in [0.15, 0.2) is 0 Å². The van der Waals surface area contributed by atoms with Crippen LogP contribution in [0.1, 0.15) is 103 Å². The van der Waals surface area contributed by atoms with Crippen molar-refractivity contribution < 1.29 is 33.5 Å². The number of methoxy groups -OCH3 is 1. The molecule has 13 nitrogen and oxygen atoms in total. The number of anilines is 1. The molecule has 4 amide bonds. The van der Waals surface area contributed by atoms with Crippen LogP contribution >= 0.6 is 0 Å². The van der Waals surface area contributed by atoms with Crippen LogP contribution in [0, 0.1) is 5.92 Å². The summed E-state index contributed by atoms with van der Waals surface area (Å²) in [6.45, 7) is 8.85. The number of ether oxygens (including phenoxy) is 1. The van der Waals surface area contributed by atoms with E-state index in [1.807, 2.05) is 30.3 Å². The Bertz CT molecular complexity index is 1430. The first-order valence-electron chi connectivity index (χ1n) is 16.8. The van der Waals surface area contributed by atoms with Crippen LogP contribution in [0.2, 0.25) is 0 Å². The van der Waals surface area contributed by atoms with Gasteiger partial charge in [-0.15, -0.1) is 0 Å². The van der Waals surface area contributed by atoms with Crippen molar-refractivity contribution in [3.8, 4) is 0 Å². The highest BCUT2D eigenvalue weighted by molar-refractivity contribution is 5.98. The van der Waals surface area contributed by atoms with Gasteiger partial charge in [-0.25, -0.2) is 14.8 Å². The first-order chi connectivity index (χ1) is 22.7. The van der Waals surface area contributed by atoms with Gasteiger partial charge in [0, 0.05) is 6.54 Å². The summed E-state index contributed by atoms with van der Waals surface area (Å²) >= 11 is 0. The Labute approximate surface area is 282 Å². The summed E-state index contributed by atoms with van der Waals surface area (Å²) in [5.74, 6) is -1.83. The number of carbonyl (C=O) groups is 5. The number of aromatic amines is 1. The van der Waals surface area contributed by atoms with Gasteiger partial charge in [-0.2, -0.15) is 0 Å². The number of nitrogens with one attached hydrogen (secondary N) is 3. The molecule has 262 valence electrons. The molecule has 4 rings (SSSR count). The second-order valence-corrected chi connectivity index (χ2v) is 14.2. The van der Waals surface area contributed by atoms with Gasteiger partial charge in [0.1, 0.15) is 35.2 Å². The molecule has 0 spiro atoms. The Hall–Kier alpha value is -4.26. The maximum Gasteiger partial charge on any atom is 0.328 e. The number of amides is 4. The summed E-state index contributed by atoms with van der Waals surface area (Å²) in [4.78, 5) is 80.8. The van der Waals surface area contributed by atoms with E-state index >= 15 is 0 Å². The molecule has 1 unspecified atom stereocenters. The molecule has 2 aromatic rings. The topological polar surface area (TPSA) is 163 Å². The van der Waals surface area contributed by atoms with E-state index in [1.165, 1.54) is 18.2 Å². The van der Waals surface area contributed by atoms with Crippen molar-refractivity contribution in [2.24, 2.45) is 5.92 Å². The monoisotopic (exact) mass is 666 g/mol. The number of likely N-dealkylation sites (tertiary alicyclic amines) is 1. The molecule has 1 saturated heterocycles. The van der Waals surface area contributed by atoms with Crippen LogP contribution in [0.3, 0.4) is 0 Å². The molecular formula is C35H50N6O7. The molecule has 0 bridgehead atoms. The van der Waals surface area contributed by atoms with Gasteiger partial charge < -0.3 is 25.3 Å². The zero-order chi connectivity index (χ0) is 35.1. The Kier molecular flexibility index (Phi) is 12.0. The Balaban J connectivity index is 1.57. The van der Waals surface area contributed by atoms with Crippen molar-refractivity contribution in [2.45, 2.75) is 115 Å². The maximum atomic E-state index is 14.0. The molecule has 1 aliphatic heterocycles. The average Bonchev–Trinajstić information content (AvgIpc) is 3.74. The molecular weight excluding hydrogens is 616 g/mol. The molecule has 48 heavy (non-hydrogen) atoms. The third-order valence-corrected chi connectivity index (χ3v) is 9.01. The molecule has 3 atom stereocenters. The smallest absolute Gasteiger partial charge is 0.328 e. The van der Waals surface area contributed by atoms with Crippen LogP contribution in [0.25, 0.3) is 0 Å². The van der Waals surface area contributed by atoms with Crippen LogP contribution in [-0.2, 0) is 33.5 Å². The van der Waals surface area contributed by atoms with Crippen molar-refractivity contribution in [3.63, 3.8) is 0 Å². The van der Waals surface area contributed by atoms with Crippen molar-refractivity contribution in [2.75, 3.05) is 19.0 Å². The number of hydroxylamine groups is 2. The van der Waals surface area contributed by atoms with E-state index in [1.54, 1.807) is 34.6 Å². The quantitative estimate of drug-likeness (QED) is 0.164. The highest BCUT2D eigenvalue weighted by Crippen LogP contribution is 2.31. The van der Waals surface area contributed by atoms with Gasteiger partial charge in [-0.1, -0.05) is 62.4 Å². The predicted octanol–water partition coefficient (Wildman–Crippen LogP) is 4.07. The standard InChI is InChI=1S/C35H50N6O7/c1-34(2,3)48-41(22-42)35(4,5)33(46)37-25(20-23-14-9-7-10-15-23)30(43)39-27-21-36-29(38-27)28(24-16-11-8-12-17-24)31(44)40-19-13-18-26(40)32(45)47-6/h8,11-12,16-17,21-23,25-26,28H,7,9-10,13-15,18-20H2,1-6H3,(H,36,38)(H,37,46)(H,39,43)/t25-,26+,28?/m1/s1. The first kappa shape index (κ1) is 36.6. The van der Waals surface area contributed by atoms with Gasteiger partial charge in [0.25, 0.3) is 0 Å². The number of nitrogens with zero attached hydrogens (tertiary/aromatic N) is 3. The lowest BCUT2D eigenvalue weighted by molar-refractivity contribution is -0.247. The highest BCUT2D eigenvalue weighted by atomic mass is 16.7. The summed E-state index contributed by atoms with van der Waals surface area (Å²) < 4.78 is 4.96. The van der Waals surface area contributed by atoms with Gasteiger partial charge in [-0.3, -0.25) is 24.0 Å². The average molecular weight is 667 g/mol. The number of H-pyrrole nitrogens is 1. The summed E-state index contributed by atoms with van der Waals surface area (Å²) in [6.07, 6.45) is 8.67. The number of carbonyl (C=O) groups excluding carboxylic acids is 5. The number of aromatic nitrogens is 2. The van der Waals surface area contributed by atoms with Gasteiger partial charge in [-0.05, 0) is 65.4 Å². The molecule has 1 aromatic heterocycles. The molecule has 3 N–H and O–H groups in total. The number of hydrogen-bond donors (Lipinski definition) is 3. The van der Waals surface area contributed by atoms with Gasteiger partial charge in [0.05, 0.1) is 18.9 Å². The summed E-state index contributed by atoms with van der Waals surface area (Å²) in [7, 11) is 1.31. The van der Waals surface area contributed by atoms with Crippen LogP contribution < -0.4 is 10.6 Å². The second kappa shape index (κ2) is 15.8. The summed E-state index contributed by atoms with van der Waals surface area (Å²) in [5, 5.41) is 6.72. The van der Waals surface area contributed by atoms with E-state index in [0.717, 1.165) is 37.2 Å². The number of esters is 1. The Morgan fingerprint density at radius 3 is 2.35 bits per heavy atom. The molecule has 2 heterocycles. The lowest BCUT2D eigenvalue weighted by Crippen LogP contribution is -2.59.